The lowest BCUT2D eigenvalue weighted by Crippen LogP contribution is -2.48. The molecule has 0 amide bonds. The Hall–Kier alpha value is -0.410. The summed E-state index contributed by atoms with van der Waals surface area (Å²) >= 11 is 0. The van der Waals surface area contributed by atoms with Crippen molar-refractivity contribution in [1.82, 2.24) is 0 Å². The Morgan fingerprint density at radius 2 is 2.00 bits per heavy atom. The monoisotopic (exact) mass is 157 g/mol. The SMILES string of the molecule is CCC[N+]1([O-])CCC(=O)CC1. The Kier molecular flexibility index (Phi) is 2.62. The number of carbonyl (C=O) groups excluding carboxylic acids is 1. The van der Waals surface area contributed by atoms with E-state index in [-0.39, 0.29) is 10.4 Å². The molecule has 1 saturated heterocycles. The molecular weight excluding hydrogens is 142 g/mol. The van der Waals surface area contributed by atoms with Crippen molar-refractivity contribution in [3.63, 3.8) is 0 Å². The molecule has 64 valence electrons. The zero-order valence-corrected chi connectivity index (χ0v) is 7.01. The van der Waals surface area contributed by atoms with Crippen LogP contribution in [0.1, 0.15) is 26.2 Å². The van der Waals surface area contributed by atoms with Crippen molar-refractivity contribution in [2.24, 2.45) is 0 Å². The highest BCUT2D eigenvalue weighted by molar-refractivity contribution is 5.79. The maximum atomic E-state index is 11.7. The fourth-order valence-corrected chi connectivity index (χ4v) is 1.52. The molecule has 0 aromatic carbocycles. The number of hydrogen-bond acceptors (Lipinski definition) is 2. The quantitative estimate of drug-likeness (QED) is 0.444. The lowest BCUT2D eigenvalue weighted by molar-refractivity contribution is -0.882. The van der Waals surface area contributed by atoms with E-state index >= 15 is 0 Å². The minimum absolute atomic E-state index is 0.137. The molecule has 1 rings (SSSR count). The van der Waals surface area contributed by atoms with Crippen LogP contribution in [0.2, 0.25) is 0 Å². The van der Waals surface area contributed by atoms with Gasteiger partial charge in [0.05, 0.1) is 32.5 Å². The van der Waals surface area contributed by atoms with Gasteiger partial charge < -0.3 is 9.85 Å². The van der Waals surface area contributed by atoms with Gasteiger partial charge in [-0.25, -0.2) is 0 Å². The van der Waals surface area contributed by atoms with E-state index < -0.39 is 0 Å². The summed E-state index contributed by atoms with van der Waals surface area (Å²) in [6.45, 7) is 3.70. The number of rotatable bonds is 2. The van der Waals surface area contributed by atoms with Gasteiger partial charge in [-0.3, -0.25) is 4.79 Å². The van der Waals surface area contributed by atoms with Crippen molar-refractivity contribution in [2.45, 2.75) is 26.2 Å². The molecule has 0 aromatic rings. The van der Waals surface area contributed by atoms with E-state index in [9.17, 15) is 10.0 Å². The Morgan fingerprint density at radius 1 is 1.45 bits per heavy atom. The van der Waals surface area contributed by atoms with Crippen molar-refractivity contribution in [3.8, 4) is 0 Å². The first-order valence-corrected chi connectivity index (χ1v) is 4.25. The average molecular weight is 157 g/mol. The maximum absolute atomic E-state index is 11.7. The van der Waals surface area contributed by atoms with Crippen molar-refractivity contribution in [1.29, 1.82) is 0 Å². The third-order valence-electron chi connectivity index (χ3n) is 2.23. The van der Waals surface area contributed by atoms with Crippen LogP contribution in [0.4, 0.5) is 0 Å². The molecule has 0 radical (unpaired) electrons. The van der Waals surface area contributed by atoms with Crippen LogP contribution in [-0.2, 0) is 4.79 Å². The molecular formula is C8H15NO2. The van der Waals surface area contributed by atoms with E-state index in [4.69, 9.17) is 0 Å². The molecule has 0 unspecified atom stereocenters. The van der Waals surface area contributed by atoms with Gasteiger partial charge in [0.15, 0.2) is 0 Å². The number of nitrogens with zero attached hydrogens (tertiary/aromatic N) is 1. The fourth-order valence-electron chi connectivity index (χ4n) is 1.52. The van der Waals surface area contributed by atoms with Gasteiger partial charge >= 0.3 is 0 Å². The number of likely N-dealkylation sites (tertiary alicyclic amines) is 1. The number of carbonyl (C=O) groups is 1. The molecule has 1 fully saturated rings. The van der Waals surface area contributed by atoms with E-state index in [2.05, 4.69) is 0 Å². The Labute approximate surface area is 67.2 Å². The second-order valence-corrected chi connectivity index (χ2v) is 3.27. The molecule has 0 spiro atoms. The molecule has 3 nitrogen and oxygen atoms in total. The van der Waals surface area contributed by atoms with Crippen LogP contribution in [0.3, 0.4) is 0 Å². The van der Waals surface area contributed by atoms with Crippen LogP contribution in [-0.4, -0.2) is 30.1 Å². The average Bonchev–Trinajstić information content (AvgIpc) is 1.97. The number of hydroxylamine groups is 3. The topological polar surface area (TPSA) is 40.1 Å². The standard InChI is InChI=1S/C8H15NO2/c1-2-5-9(11)6-3-8(10)4-7-9/h2-7H2,1H3. The van der Waals surface area contributed by atoms with Gasteiger partial charge in [0, 0.05) is 0 Å². The van der Waals surface area contributed by atoms with Crippen LogP contribution < -0.4 is 0 Å². The predicted octanol–water partition coefficient (Wildman–Crippen LogP) is 1.07. The largest absolute Gasteiger partial charge is 0.633 e. The molecule has 1 aliphatic rings. The van der Waals surface area contributed by atoms with E-state index in [1.807, 2.05) is 6.92 Å². The van der Waals surface area contributed by atoms with E-state index in [0.29, 0.717) is 32.5 Å². The third kappa shape index (κ3) is 2.27. The van der Waals surface area contributed by atoms with Gasteiger partial charge in [-0.15, -0.1) is 0 Å². The molecule has 0 aromatic heterocycles. The minimum Gasteiger partial charge on any atom is -0.633 e. The highest BCUT2D eigenvalue weighted by atomic mass is 16.5. The van der Waals surface area contributed by atoms with E-state index in [0.717, 1.165) is 6.42 Å². The zero-order valence-electron chi connectivity index (χ0n) is 7.01. The van der Waals surface area contributed by atoms with Gasteiger partial charge in [-0.05, 0) is 6.42 Å². The van der Waals surface area contributed by atoms with Crippen LogP contribution in [0.25, 0.3) is 0 Å². The van der Waals surface area contributed by atoms with Crippen LogP contribution in [0.5, 0.6) is 0 Å². The van der Waals surface area contributed by atoms with Crippen molar-refractivity contribution >= 4 is 5.78 Å². The number of ketones is 1. The molecule has 0 aliphatic carbocycles. The van der Waals surface area contributed by atoms with Crippen molar-refractivity contribution in [2.75, 3.05) is 19.6 Å². The summed E-state index contributed by atoms with van der Waals surface area (Å²) in [5.41, 5.74) is 0. The second kappa shape index (κ2) is 3.32. The van der Waals surface area contributed by atoms with Gasteiger partial charge in [0.25, 0.3) is 0 Å². The summed E-state index contributed by atoms with van der Waals surface area (Å²) in [5.74, 6) is 0.255. The maximum Gasteiger partial charge on any atom is 0.144 e. The molecule has 11 heavy (non-hydrogen) atoms. The predicted molar refractivity (Wildman–Crippen MR) is 42.8 cm³/mol. The number of hydrogen-bond donors (Lipinski definition) is 0. The molecule has 0 bridgehead atoms. The summed E-state index contributed by atoms with van der Waals surface area (Å²) in [5, 5.41) is 11.7. The Morgan fingerprint density at radius 3 is 2.45 bits per heavy atom. The van der Waals surface area contributed by atoms with Crippen LogP contribution in [0, 0.1) is 5.21 Å². The van der Waals surface area contributed by atoms with E-state index in [1.165, 1.54) is 0 Å². The van der Waals surface area contributed by atoms with Gasteiger partial charge in [-0.1, -0.05) is 6.92 Å². The van der Waals surface area contributed by atoms with Crippen LogP contribution in [0.15, 0.2) is 0 Å². The third-order valence-corrected chi connectivity index (χ3v) is 2.23. The van der Waals surface area contributed by atoms with Crippen molar-refractivity contribution < 1.29 is 9.44 Å². The zero-order chi connectivity index (χ0) is 8.32. The summed E-state index contributed by atoms with van der Waals surface area (Å²) in [7, 11) is 0. The van der Waals surface area contributed by atoms with Crippen molar-refractivity contribution in [3.05, 3.63) is 5.21 Å². The lowest BCUT2D eigenvalue weighted by Gasteiger charge is -2.44. The molecule has 0 atom stereocenters. The molecule has 3 heteroatoms. The molecule has 1 heterocycles. The number of Topliss-reactive ketones (excluding diaryl/α,β-unsaturated/α-hetero) is 1. The first-order chi connectivity index (χ1) is 5.16. The lowest BCUT2D eigenvalue weighted by atomic mass is 10.1. The summed E-state index contributed by atoms with van der Waals surface area (Å²) in [6, 6.07) is 0. The highest BCUT2D eigenvalue weighted by Crippen LogP contribution is 2.15. The fraction of sp³-hybridized carbons (Fsp3) is 0.875. The summed E-state index contributed by atoms with van der Waals surface area (Å²) in [4.78, 5) is 10.8. The van der Waals surface area contributed by atoms with Gasteiger partial charge in [-0.2, -0.15) is 0 Å². The van der Waals surface area contributed by atoms with Crippen LogP contribution >= 0.6 is 0 Å². The summed E-state index contributed by atoms with van der Waals surface area (Å²) in [6.07, 6.45) is 1.89. The molecule has 0 N–H and O–H groups in total. The first-order valence-electron chi connectivity index (χ1n) is 4.25. The van der Waals surface area contributed by atoms with Gasteiger partial charge in [0.1, 0.15) is 5.78 Å². The summed E-state index contributed by atoms with van der Waals surface area (Å²) < 4.78 is -0.137. The Balaban J connectivity index is 2.41. The second-order valence-electron chi connectivity index (χ2n) is 3.27. The number of quaternary nitrogens is 1. The molecule has 1 aliphatic heterocycles. The highest BCUT2D eigenvalue weighted by Gasteiger charge is 2.23. The number of piperidine rings is 1. The Bertz CT molecular complexity index is 146. The van der Waals surface area contributed by atoms with Gasteiger partial charge in [0.2, 0.25) is 0 Å². The molecule has 0 saturated carbocycles. The first kappa shape index (κ1) is 8.68. The minimum atomic E-state index is -0.137. The smallest absolute Gasteiger partial charge is 0.144 e. The van der Waals surface area contributed by atoms with E-state index in [1.54, 1.807) is 0 Å². The normalized spacial score (nSPS) is 23.6.